The van der Waals surface area contributed by atoms with E-state index in [4.69, 9.17) is 16.8 Å². The van der Waals surface area contributed by atoms with E-state index in [2.05, 4.69) is 4.72 Å². The highest BCUT2D eigenvalue weighted by Gasteiger charge is 2.26. The number of amides is 1. The summed E-state index contributed by atoms with van der Waals surface area (Å²) in [6.45, 7) is 3.71. The zero-order chi connectivity index (χ0) is 19.3. The van der Waals surface area contributed by atoms with Crippen molar-refractivity contribution in [3.05, 3.63) is 53.6 Å². The van der Waals surface area contributed by atoms with Crippen molar-refractivity contribution in [2.45, 2.75) is 31.2 Å². The number of rotatable bonds is 7. The molecule has 0 aromatic heterocycles. The Kier molecular flexibility index (Phi) is 6.77. The van der Waals surface area contributed by atoms with Gasteiger partial charge in [0, 0.05) is 5.02 Å². The Morgan fingerprint density at radius 3 is 2.00 bits per heavy atom. The SMILES string of the molecule is CC(C)C[C@H](NS(=O)(=O)c1ccc(-c2ccc(Cl)cc2)cc1)C(=O)NO. The van der Waals surface area contributed by atoms with Crippen LogP contribution in [-0.2, 0) is 14.8 Å². The van der Waals surface area contributed by atoms with Crippen LogP contribution in [0.3, 0.4) is 0 Å². The molecule has 6 nitrogen and oxygen atoms in total. The van der Waals surface area contributed by atoms with Crippen LogP contribution < -0.4 is 10.2 Å². The van der Waals surface area contributed by atoms with E-state index in [0.717, 1.165) is 11.1 Å². The number of hydrogen-bond donors (Lipinski definition) is 3. The Morgan fingerprint density at radius 1 is 1.04 bits per heavy atom. The number of hydroxylamine groups is 1. The molecule has 0 unspecified atom stereocenters. The lowest BCUT2D eigenvalue weighted by molar-refractivity contribution is -0.131. The first-order valence-electron chi connectivity index (χ1n) is 8.05. The zero-order valence-electron chi connectivity index (χ0n) is 14.4. The van der Waals surface area contributed by atoms with Gasteiger partial charge in [0.15, 0.2) is 0 Å². The summed E-state index contributed by atoms with van der Waals surface area (Å²) in [6, 6.07) is 12.4. The summed E-state index contributed by atoms with van der Waals surface area (Å²) in [5.41, 5.74) is 3.25. The minimum absolute atomic E-state index is 0.0368. The minimum Gasteiger partial charge on any atom is -0.289 e. The van der Waals surface area contributed by atoms with Crippen molar-refractivity contribution in [3.63, 3.8) is 0 Å². The van der Waals surface area contributed by atoms with Crippen LogP contribution in [0.2, 0.25) is 5.02 Å². The van der Waals surface area contributed by atoms with Crippen LogP contribution in [0.15, 0.2) is 53.4 Å². The highest BCUT2D eigenvalue weighted by molar-refractivity contribution is 7.89. The fraction of sp³-hybridized carbons (Fsp3) is 0.278. The lowest BCUT2D eigenvalue weighted by Crippen LogP contribution is -2.46. The van der Waals surface area contributed by atoms with Crippen molar-refractivity contribution in [2.24, 2.45) is 5.92 Å². The van der Waals surface area contributed by atoms with Gasteiger partial charge in [0.05, 0.1) is 4.90 Å². The summed E-state index contributed by atoms with van der Waals surface area (Å²) in [4.78, 5) is 11.8. The molecule has 2 aromatic rings. The predicted molar refractivity (Wildman–Crippen MR) is 100 cm³/mol. The van der Waals surface area contributed by atoms with Gasteiger partial charge in [0.1, 0.15) is 6.04 Å². The average molecular weight is 397 g/mol. The summed E-state index contributed by atoms with van der Waals surface area (Å²) in [6.07, 6.45) is 0.258. The van der Waals surface area contributed by atoms with Crippen LogP contribution >= 0.6 is 11.6 Å². The lowest BCUT2D eigenvalue weighted by Gasteiger charge is -2.18. The van der Waals surface area contributed by atoms with E-state index in [0.29, 0.717) is 5.02 Å². The van der Waals surface area contributed by atoms with Gasteiger partial charge in [-0.1, -0.05) is 49.7 Å². The molecular weight excluding hydrogens is 376 g/mol. The number of halogens is 1. The molecule has 3 N–H and O–H groups in total. The second-order valence-corrected chi connectivity index (χ2v) is 8.46. The Morgan fingerprint density at radius 2 is 1.54 bits per heavy atom. The fourth-order valence-corrected chi connectivity index (χ4v) is 3.82. The minimum atomic E-state index is -3.91. The Hall–Kier alpha value is -1.93. The summed E-state index contributed by atoms with van der Waals surface area (Å²) < 4.78 is 27.4. The van der Waals surface area contributed by atoms with Gasteiger partial charge in [-0.15, -0.1) is 0 Å². The molecule has 1 atom stereocenters. The third-order valence-electron chi connectivity index (χ3n) is 3.77. The molecule has 26 heavy (non-hydrogen) atoms. The Bertz CT molecular complexity index is 850. The number of carbonyl (C=O) groups excluding carboxylic acids is 1. The van der Waals surface area contributed by atoms with Gasteiger partial charge in [0.2, 0.25) is 10.0 Å². The third-order valence-corrected chi connectivity index (χ3v) is 5.51. The molecule has 0 bridgehead atoms. The zero-order valence-corrected chi connectivity index (χ0v) is 16.0. The highest BCUT2D eigenvalue weighted by atomic mass is 35.5. The van der Waals surface area contributed by atoms with Gasteiger partial charge in [-0.2, -0.15) is 4.72 Å². The van der Waals surface area contributed by atoms with Crippen molar-refractivity contribution in [1.82, 2.24) is 10.2 Å². The van der Waals surface area contributed by atoms with Crippen LogP contribution in [0.4, 0.5) is 0 Å². The topological polar surface area (TPSA) is 95.5 Å². The third kappa shape index (κ3) is 5.28. The Balaban J connectivity index is 2.22. The second kappa shape index (κ2) is 8.64. The highest BCUT2D eigenvalue weighted by Crippen LogP contribution is 2.23. The second-order valence-electron chi connectivity index (χ2n) is 6.31. The molecule has 0 spiro atoms. The molecule has 2 rings (SSSR count). The molecule has 8 heteroatoms. The smallest absolute Gasteiger partial charge is 0.261 e. The molecular formula is C18H21ClN2O4S. The van der Waals surface area contributed by atoms with E-state index in [9.17, 15) is 13.2 Å². The van der Waals surface area contributed by atoms with E-state index >= 15 is 0 Å². The molecule has 0 saturated carbocycles. The van der Waals surface area contributed by atoms with Gasteiger partial charge in [-0.05, 0) is 47.7 Å². The number of hydrogen-bond acceptors (Lipinski definition) is 4. The largest absolute Gasteiger partial charge is 0.289 e. The maximum atomic E-state index is 12.5. The standard InChI is InChI=1S/C18H21ClN2O4S/c1-12(2)11-17(18(22)20-23)21-26(24,25)16-9-5-14(6-10-16)13-3-7-15(19)8-4-13/h3-10,12,17,21,23H,11H2,1-2H3,(H,20,22)/t17-/m0/s1. The van der Waals surface area contributed by atoms with Crippen LogP contribution in [0, 0.1) is 5.92 Å². The van der Waals surface area contributed by atoms with E-state index in [-0.39, 0.29) is 17.2 Å². The number of benzene rings is 2. The summed E-state index contributed by atoms with van der Waals surface area (Å²) in [5, 5.41) is 9.44. The van der Waals surface area contributed by atoms with Crippen LogP contribution in [-0.4, -0.2) is 25.6 Å². The number of carbonyl (C=O) groups is 1. The summed E-state index contributed by atoms with van der Waals surface area (Å²) in [5.74, 6) is -0.729. The molecule has 0 fully saturated rings. The molecule has 0 saturated heterocycles. The quantitative estimate of drug-likeness (QED) is 0.494. The van der Waals surface area contributed by atoms with Crippen LogP contribution in [0.25, 0.3) is 11.1 Å². The molecule has 140 valence electrons. The maximum absolute atomic E-state index is 12.5. The average Bonchev–Trinajstić information content (AvgIpc) is 2.60. The van der Waals surface area contributed by atoms with Crippen LogP contribution in [0.1, 0.15) is 20.3 Å². The molecule has 1 amide bonds. The molecule has 2 aromatic carbocycles. The molecule has 0 radical (unpaired) electrons. The lowest BCUT2D eigenvalue weighted by atomic mass is 10.0. The van der Waals surface area contributed by atoms with Crippen molar-refractivity contribution in [1.29, 1.82) is 0 Å². The van der Waals surface area contributed by atoms with E-state index < -0.39 is 22.0 Å². The van der Waals surface area contributed by atoms with Gasteiger partial charge in [-0.3, -0.25) is 10.0 Å². The van der Waals surface area contributed by atoms with Gasteiger partial charge in [-0.25, -0.2) is 13.9 Å². The molecule has 0 heterocycles. The Labute approximate surface area is 158 Å². The first-order valence-corrected chi connectivity index (χ1v) is 9.91. The van der Waals surface area contributed by atoms with Gasteiger partial charge < -0.3 is 0 Å². The fourth-order valence-electron chi connectivity index (χ4n) is 2.48. The van der Waals surface area contributed by atoms with Gasteiger partial charge >= 0.3 is 0 Å². The normalized spacial score (nSPS) is 12.8. The van der Waals surface area contributed by atoms with Crippen molar-refractivity contribution < 1.29 is 18.4 Å². The predicted octanol–water partition coefficient (Wildman–Crippen LogP) is 3.21. The van der Waals surface area contributed by atoms with Crippen LogP contribution in [0.5, 0.6) is 0 Å². The van der Waals surface area contributed by atoms with E-state index in [1.54, 1.807) is 24.3 Å². The van der Waals surface area contributed by atoms with Crippen molar-refractivity contribution in [2.75, 3.05) is 0 Å². The van der Waals surface area contributed by atoms with Gasteiger partial charge in [0.25, 0.3) is 5.91 Å². The number of sulfonamides is 1. The monoisotopic (exact) mass is 396 g/mol. The van der Waals surface area contributed by atoms with E-state index in [1.165, 1.54) is 17.6 Å². The molecule has 0 aliphatic rings. The number of nitrogens with one attached hydrogen (secondary N) is 2. The molecule has 0 aliphatic heterocycles. The summed E-state index contributed by atoms with van der Waals surface area (Å²) >= 11 is 5.87. The summed E-state index contributed by atoms with van der Waals surface area (Å²) in [7, 11) is -3.91. The van der Waals surface area contributed by atoms with E-state index in [1.807, 2.05) is 26.0 Å². The maximum Gasteiger partial charge on any atom is 0.261 e. The van der Waals surface area contributed by atoms with Crippen molar-refractivity contribution >= 4 is 27.5 Å². The first-order chi connectivity index (χ1) is 12.2. The first kappa shape index (κ1) is 20.4. The molecule has 0 aliphatic carbocycles. The van der Waals surface area contributed by atoms with Crippen molar-refractivity contribution in [3.8, 4) is 11.1 Å².